The lowest BCUT2D eigenvalue weighted by molar-refractivity contribution is -0.335. The molecule has 8 atom stereocenters. The van der Waals surface area contributed by atoms with Crippen molar-refractivity contribution in [3.05, 3.63) is 182 Å². The molecule has 90 heavy (non-hydrogen) atoms. The molecule has 2 N–H and O–H groups in total. The van der Waals surface area contributed by atoms with E-state index in [1.165, 1.54) is 29.4 Å². The van der Waals surface area contributed by atoms with Gasteiger partial charge in [0.2, 0.25) is 12.6 Å². The lowest BCUT2D eigenvalue weighted by Crippen LogP contribution is -3.00. The number of ether oxygens (including phenoxy) is 6. The summed E-state index contributed by atoms with van der Waals surface area (Å²) < 4.78 is 84.6. The van der Waals surface area contributed by atoms with Crippen LogP contribution in [-0.2, 0) is 74.2 Å². The highest BCUT2D eigenvalue weighted by molar-refractivity contribution is 7.97. The second kappa shape index (κ2) is 28.0. The molecule has 3 heterocycles. The van der Waals surface area contributed by atoms with Gasteiger partial charge in [-0.1, -0.05) is 109 Å². The van der Waals surface area contributed by atoms with E-state index in [4.69, 9.17) is 33.9 Å². The SMILES string of the molecule is CC(F)(F)C(=O)OC12CC3CC(C1)C(=O)C(C3)C2.CC(F)(F)C(=O)OC12CC3CC(C1)C1(OC4CC(=O)OC4O1)C(C3)C2.O=C1CC(O)C(O)O1.[I-].c1ccc([S+](c2ccccc2)c2ccccc2)cc1.c1ccc([S+](c2ccccc2)c2ccccc2)cc1. The van der Waals surface area contributed by atoms with Crippen molar-refractivity contribution >= 4 is 51.5 Å². The van der Waals surface area contributed by atoms with Gasteiger partial charge in [0.15, 0.2) is 35.2 Å². The maximum Gasteiger partial charge on any atom is 0.377 e. The predicted octanol–water partition coefficient (Wildman–Crippen LogP) is 9.66. The molecule has 6 aromatic rings. The summed E-state index contributed by atoms with van der Waals surface area (Å²) in [5.41, 5.74) is -1.64. The van der Waals surface area contributed by atoms with Crippen molar-refractivity contribution in [2.24, 2.45) is 35.5 Å². The van der Waals surface area contributed by atoms with Gasteiger partial charge in [-0.05, 0) is 149 Å². The highest BCUT2D eigenvalue weighted by atomic mass is 127. The van der Waals surface area contributed by atoms with Crippen molar-refractivity contribution in [3.8, 4) is 0 Å². The number of esters is 4. The molecule has 8 saturated carbocycles. The van der Waals surface area contributed by atoms with E-state index in [0.29, 0.717) is 64.2 Å². The van der Waals surface area contributed by atoms with Crippen molar-refractivity contribution in [1.82, 2.24) is 0 Å². The first-order valence-corrected chi connectivity index (χ1v) is 32.7. The molecule has 3 saturated heterocycles. The lowest BCUT2D eigenvalue weighted by Gasteiger charge is -2.62. The van der Waals surface area contributed by atoms with Gasteiger partial charge in [0.25, 0.3) is 0 Å². The van der Waals surface area contributed by atoms with Gasteiger partial charge in [-0.25, -0.2) is 9.59 Å². The Morgan fingerprint density at radius 1 is 0.478 bits per heavy atom. The summed E-state index contributed by atoms with van der Waals surface area (Å²) in [7, 11) is -0.0293. The molecule has 13 nitrogen and oxygen atoms in total. The van der Waals surface area contributed by atoms with Crippen LogP contribution in [0.15, 0.2) is 211 Å². The van der Waals surface area contributed by atoms with Crippen molar-refractivity contribution < 1.29 is 104 Å². The van der Waals surface area contributed by atoms with E-state index in [1.54, 1.807) is 0 Å². The minimum atomic E-state index is -3.49. The third-order valence-electron chi connectivity index (χ3n) is 17.9. The zero-order chi connectivity index (χ0) is 62.7. The number of carbonyl (C=O) groups excluding carboxylic acids is 5. The predicted molar refractivity (Wildman–Crippen MR) is 320 cm³/mol. The number of hydrogen-bond donors (Lipinski definition) is 2. The normalized spacial score (nSPS) is 30.2. The van der Waals surface area contributed by atoms with E-state index >= 15 is 0 Å². The van der Waals surface area contributed by atoms with Gasteiger partial charge in [0.1, 0.15) is 29.2 Å². The topological polar surface area (TPSA) is 181 Å². The number of benzene rings is 6. The molecule has 1 spiro atoms. The Morgan fingerprint density at radius 3 is 1.11 bits per heavy atom. The van der Waals surface area contributed by atoms with Crippen molar-refractivity contribution in [2.45, 2.75) is 174 Å². The lowest BCUT2D eigenvalue weighted by atomic mass is 9.51. The number of hydrogen-bond acceptors (Lipinski definition) is 13. The summed E-state index contributed by atoms with van der Waals surface area (Å²) in [5, 5.41) is 17.0. The van der Waals surface area contributed by atoms with E-state index in [9.17, 15) is 41.5 Å². The maximum absolute atomic E-state index is 13.3. The molecule has 6 aromatic carbocycles. The molecule has 8 unspecified atom stereocenters. The quantitative estimate of drug-likeness (QED) is 0.0436. The van der Waals surface area contributed by atoms with Crippen molar-refractivity contribution in [1.29, 1.82) is 0 Å². The first kappa shape index (κ1) is 66.8. The van der Waals surface area contributed by atoms with Crippen LogP contribution in [-0.4, -0.2) is 93.5 Å². The summed E-state index contributed by atoms with van der Waals surface area (Å²) in [6, 6.07) is 64.3. The molecule has 476 valence electrons. The summed E-state index contributed by atoms with van der Waals surface area (Å²) >= 11 is 0. The average molecular weight is 1390 g/mol. The van der Waals surface area contributed by atoms with Crippen LogP contribution >= 0.6 is 0 Å². The van der Waals surface area contributed by atoms with Crippen LogP contribution in [0.2, 0.25) is 0 Å². The fraction of sp³-hybridized carbons (Fsp3) is 0.414. The number of cyclic esters (lactones) is 1. The van der Waals surface area contributed by atoms with Crippen LogP contribution in [0.4, 0.5) is 17.6 Å². The minimum absolute atomic E-state index is 0. The number of fused-ring (bicyclic) bond motifs is 1. The zero-order valence-corrected chi connectivity index (χ0v) is 53.5. The standard InChI is InChI=1S/2C18H15S.C17H20F2O6.C13H16F2O3.C4H6O4.HI/c2*1-4-10-16(11-5-1)19(17-12-6-2-7-13-17)18-14-8-3-9-15-18;1-15(18,19)14(21)25-16-5-8-2-9(6-16)17(10(3-8)7-16)23-11-4-12(20)22-13(11)24-17;1-12(14,15)11(17)18-13-4-7-2-8(5-13)10(16)9(3-7)6-13;5-2-1-3(6)8-4(2)7;/h2*1-15H;8-11,13H,2-7H2,1H3;7-9H,2-6H2,1H3;2,4-5,7H,1H2;1H/q2*+1;;;;/p-1. The molecule has 11 fully saturated rings. The molecular formula is C70H72F4IO13S2+. The second-order valence-electron chi connectivity index (χ2n) is 24.7. The number of alkyl halides is 4. The fourth-order valence-corrected chi connectivity index (χ4v) is 18.8. The van der Waals surface area contributed by atoms with Gasteiger partial charge in [-0.15, -0.1) is 0 Å². The average Bonchev–Trinajstić information content (AvgIpc) is 1.33. The van der Waals surface area contributed by atoms with E-state index in [-0.39, 0.29) is 94.0 Å². The van der Waals surface area contributed by atoms with Gasteiger partial charge in [0, 0.05) is 37.5 Å². The Balaban J connectivity index is 0.000000127. The third-order valence-corrected chi connectivity index (χ3v) is 22.4. The molecule has 20 heteroatoms. The van der Waals surface area contributed by atoms with Gasteiger partial charge in [-0.3, -0.25) is 14.4 Å². The molecule has 0 aromatic heterocycles. The summed E-state index contributed by atoms with van der Waals surface area (Å²) in [4.78, 5) is 64.7. The number of Topliss-reactive ketones (excluding diaryl/α,β-unsaturated/α-hetero) is 1. The Morgan fingerprint density at radius 2 is 0.811 bits per heavy atom. The highest BCUT2D eigenvalue weighted by Crippen LogP contribution is 2.65. The number of aliphatic hydroxyl groups is 2. The molecular weight excluding hydrogens is 1320 g/mol. The molecule has 0 amide bonds. The largest absolute Gasteiger partial charge is 1.00 e. The number of rotatable bonds is 10. The molecule has 0 radical (unpaired) electrons. The number of halogens is 5. The maximum atomic E-state index is 13.3. The Kier molecular flexibility index (Phi) is 20.8. The minimum Gasteiger partial charge on any atom is -1.00 e. The molecule has 3 aliphatic heterocycles. The summed E-state index contributed by atoms with van der Waals surface area (Å²) in [5.74, 6) is -10.9. The zero-order valence-electron chi connectivity index (χ0n) is 49.7. The van der Waals surface area contributed by atoms with Gasteiger partial charge < -0.3 is 62.6 Å². The Bertz CT molecular complexity index is 3050. The molecule has 8 bridgehead atoms. The summed E-state index contributed by atoms with van der Waals surface area (Å²) in [6.45, 7) is 1.12. The first-order chi connectivity index (χ1) is 42.6. The first-order valence-electron chi connectivity index (χ1n) is 30.2. The van der Waals surface area contributed by atoms with Crippen LogP contribution in [0.25, 0.3) is 0 Å². The Hall–Kier alpha value is -6.14. The van der Waals surface area contributed by atoms with Gasteiger partial charge >= 0.3 is 35.7 Å². The molecule has 8 aliphatic carbocycles. The second-order valence-corrected chi connectivity index (χ2v) is 28.8. The van der Waals surface area contributed by atoms with E-state index in [1.807, 2.05) is 0 Å². The van der Waals surface area contributed by atoms with E-state index in [2.05, 4.69) is 187 Å². The number of carbonyl (C=O) groups is 5. The van der Waals surface area contributed by atoms with Crippen LogP contribution in [0.3, 0.4) is 0 Å². The smallest absolute Gasteiger partial charge is 0.377 e. The van der Waals surface area contributed by atoms with Crippen LogP contribution in [0.1, 0.15) is 90.9 Å². The van der Waals surface area contributed by atoms with Gasteiger partial charge in [-0.2, -0.15) is 17.6 Å². The molecule has 17 rings (SSSR count). The van der Waals surface area contributed by atoms with Crippen LogP contribution in [0.5, 0.6) is 0 Å². The van der Waals surface area contributed by atoms with Crippen molar-refractivity contribution in [3.63, 3.8) is 0 Å². The van der Waals surface area contributed by atoms with Gasteiger partial charge in [0.05, 0.1) is 34.6 Å². The van der Waals surface area contributed by atoms with Crippen molar-refractivity contribution in [2.75, 3.05) is 0 Å². The molecule has 11 aliphatic rings. The number of ketones is 1. The third kappa shape index (κ3) is 15.2. The Labute approximate surface area is 543 Å². The summed E-state index contributed by atoms with van der Waals surface area (Å²) in [6.07, 6.45) is 3.14. The van der Waals surface area contributed by atoms with E-state index in [0.717, 1.165) is 25.7 Å². The van der Waals surface area contributed by atoms with Crippen LogP contribution < -0.4 is 24.0 Å². The number of aliphatic hydroxyl groups excluding tert-OH is 2. The monoisotopic (exact) mass is 1390 g/mol. The van der Waals surface area contributed by atoms with E-state index < -0.39 is 71.5 Å². The highest BCUT2D eigenvalue weighted by Gasteiger charge is 2.70. The van der Waals surface area contributed by atoms with Crippen LogP contribution in [0, 0.1) is 35.5 Å². The fourth-order valence-electron chi connectivity index (χ4n) is 14.6.